The van der Waals surface area contributed by atoms with Gasteiger partial charge < -0.3 is 20.3 Å². The first-order chi connectivity index (χ1) is 10.1. The van der Waals surface area contributed by atoms with Gasteiger partial charge in [0, 0.05) is 0 Å². The van der Waals surface area contributed by atoms with Crippen LogP contribution < -0.4 is 5.32 Å². The first kappa shape index (κ1) is 17.1. The molecule has 0 bridgehead atoms. The van der Waals surface area contributed by atoms with Crippen molar-refractivity contribution in [1.82, 2.24) is 5.32 Å². The van der Waals surface area contributed by atoms with Crippen LogP contribution in [-0.4, -0.2) is 39.5 Å². The number of alkyl carbamates (subject to hydrolysis) is 1. The van der Waals surface area contributed by atoms with Crippen LogP contribution in [0.25, 0.3) is 0 Å². The normalized spacial score (nSPS) is 31.0. The minimum Gasteiger partial charge on any atom is -0.481 e. The number of rotatable bonds is 3. The van der Waals surface area contributed by atoms with Crippen LogP contribution in [0.3, 0.4) is 0 Å². The SMILES string of the molecule is CC(C)(C)OC(=O)NC1(C2(C(=O)O)CCC(O)CC2)CCC1. The van der Waals surface area contributed by atoms with Crippen molar-refractivity contribution in [3.63, 3.8) is 0 Å². The zero-order chi connectivity index (χ0) is 16.6. The number of carboxylic acid groups (broad SMARTS) is 1. The van der Waals surface area contributed by atoms with Gasteiger partial charge in [-0.3, -0.25) is 4.79 Å². The molecule has 0 radical (unpaired) electrons. The van der Waals surface area contributed by atoms with Gasteiger partial charge in [-0.25, -0.2) is 4.79 Å². The number of nitrogens with one attached hydrogen (secondary N) is 1. The molecule has 2 aliphatic carbocycles. The smallest absolute Gasteiger partial charge is 0.408 e. The van der Waals surface area contributed by atoms with E-state index in [2.05, 4.69) is 5.32 Å². The second-order valence-corrected chi connectivity index (χ2v) is 7.68. The second kappa shape index (κ2) is 5.72. The Labute approximate surface area is 131 Å². The molecule has 0 spiro atoms. The minimum absolute atomic E-state index is 0.388. The first-order valence-corrected chi connectivity index (χ1v) is 8.03. The highest BCUT2D eigenvalue weighted by molar-refractivity contribution is 5.79. The second-order valence-electron chi connectivity index (χ2n) is 7.68. The highest BCUT2D eigenvalue weighted by Gasteiger charge is 2.61. The van der Waals surface area contributed by atoms with E-state index in [1.54, 1.807) is 20.8 Å². The summed E-state index contributed by atoms with van der Waals surface area (Å²) in [5.41, 5.74) is -2.36. The van der Waals surface area contributed by atoms with Crippen molar-refractivity contribution >= 4 is 12.1 Å². The molecule has 0 aromatic carbocycles. The summed E-state index contributed by atoms with van der Waals surface area (Å²) >= 11 is 0. The summed E-state index contributed by atoms with van der Waals surface area (Å²) in [4.78, 5) is 24.2. The van der Waals surface area contributed by atoms with Gasteiger partial charge in [0.1, 0.15) is 5.60 Å². The molecule has 6 heteroatoms. The van der Waals surface area contributed by atoms with E-state index in [1.165, 1.54) is 0 Å². The Morgan fingerprint density at radius 1 is 1.14 bits per heavy atom. The molecule has 6 nitrogen and oxygen atoms in total. The molecular weight excluding hydrogens is 286 g/mol. The topological polar surface area (TPSA) is 95.9 Å². The molecule has 2 fully saturated rings. The number of ether oxygens (including phenoxy) is 1. The Hall–Kier alpha value is -1.30. The summed E-state index contributed by atoms with van der Waals surface area (Å²) in [6, 6.07) is 0. The molecule has 0 saturated heterocycles. The van der Waals surface area contributed by atoms with E-state index in [4.69, 9.17) is 4.74 Å². The number of carboxylic acids is 1. The van der Waals surface area contributed by atoms with E-state index in [9.17, 15) is 19.8 Å². The van der Waals surface area contributed by atoms with Gasteiger partial charge in [0.25, 0.3) is 0 Å². The standard InChI is InChI=1S/C16H27NO5/c1-14(2,3)22-13(21)17-16(7-4-8-16)15(12(19)20)9-5-11(18)6-10-15/h11,18H,4-10H2,1-3H3,(H,17,21)(H,19,20). The van der Waals surface area contributed by atoms with Crippen LogP contribution in [0.5, 0.6) is 0 Å². The minimum atomic E-state index is -0.999. The molecule has 22 heavy (non-hydrogen) atoms. The largest absolute Gasteiger partial charge is 0.481 e. The third kappa shape index (κ3) is 3.07. The number of hydrogen-bond donors (Lipinski definition) is 3. The van der Waals surface area contributed by atoms with Gasteiger partial charge in [0.05, 0.1) is 17.1 Å². The van der Waals surface area contributed by atoms with E-state index < -0.39 is 34.7 Å². The van der Waals surface area contributed by atoms with E-state index >= 15 is 0 Å². The molecule has 126 valence electrons. The van der Waals surface area contributed by atoms with Gasteiger partial charge in [-0.2, -0.15) is 0 Å². The zero-order valence-electron chi connectivity index (χ0n) is 13.6. The fraction of sp³-hybridized carbons (Fsp3) is 0.875. The molecule has 0 heterocycles. The van der Waals surface area contributed by atoms with Crippen molar-refractivity contribution in [2.45, 2.75) is 83.0 Å². The monoisotopic (exact) mass is 313 g/mol. The lowest BCUT2D eigenvalue weighted by molar-refractivity contribution is -0.164. The van der Waals surface area contributed by atoms with E-state index in [0.717, 1.165) is 6.42 Å². The first-order valence-electron chi connectivity index (χ1n) is 8.03. The molecule has 0 aromatic rings. The maximum atomic E-state index is 12.2. The van der Waals surface area contributed by atoms with Crippen LogP contribution in [0, 0.1) is 5.41 Å². The number of aliphatic hydroxyl groups excluding tert-OH is 1. The van der Waals surface area contributed by atoms with Crippen molar-refractivity contribution in [3.8, 4) is 0 Å². The quantitative estimate of drug-likeness (QED) is 0.743. The maximum Gasteiger partial charge on any atom is 0.408 e. The molecule has 0 aliphatic heterocycles. The third-order valence-electron chi connectivity index (χ3n) is 5.08. The van der Waals surface area contributed by atoms with E-state index in [0.29, 0.717) is 38.5 Å². The number of amides is 1. The molecule has 2 rings (SSSR count). The lowest BCUT2D eigenvalue weighted by Gasteiger charge is -2.55. The fourth-order valence-electron chi connectivity index (χ4n) is 3.74. The van der Waals surface area contributed by atoms with Crippen molar-refractivity contribution < 1.29 is 24.5 Å². The van der Waals surface area contributed by atoms with Crippen molar-refractivity contribution in [3.05, 3.63) is 0 Å². The molecule has 1 amide bonds. The summed E-state index contributed by atoms with van der Waals surface area (Å²) in [5.74, 6) is -0.879. The Bertz CT molecular complexity index is 442. The lowest BCUT2D eigenvalue weighted by Crippen LogP contribution is -2.68. The summed E-state index contributed by atoms with van der Waals surface area (Å²) in [6.07, 6.45) is 2.90. The molecule has 3 N–H and O–H groups in total. The number of carbonyl (C=O) groups is 2. The van der Waals surface area contributed by atoms with Gasteiger partial charge in [-0.15, -0.1) is 0 Å². The number of aliphatic hydroxyl groups is 1. The van der Waals surface area contributed by atoms with E-state index in [1.807, 2.05) is 0 Å². The number of carbonyl (C=O) groups excluding carboxylic acids is 1. The Morgan fingerprint density at radius 3 is 2.05 bits per heavy atom. The van der Waals surface area contributed by atoms with Crippen LogP contribution in [-0.2, 0) is 9.53 Å². The molecule has 0 atom stereocenters. The third-order valence-corrected chi connectivity index (χ3v) is 5.08. The van der Waals surface area contributed by atoms with Crippen LogP contribution in [0.2, 0.25) is 0 Å². The van der Waals surface area contributed by atoms with Gasteiger partial charge in [0.15, 0.2) is 0 Å². The van der Waals surface area contributed by atoms with Crippen molar-refractivity contribution in [1.29, 1.82) is 0 Å². The molecule has 2 aliphatic rings. The number of hydrogen-bond acceptors (Lipinski definition) is 4. The molecule has 0 aromatic heterocycles. The summed E-state index contributed by atoms with van der Waals surface area (Å²) in [5, 5.41) is 22.4. The Morgan fingerprint density at radius 2 is 1.68 bits per heavy atom. The highest BCUT2D eigenvalue weighted by Crippen LogP contribution is 2.54. The van der Waals surface area contributed by atoms with Crippen molar-refractivity contribution in [2.24, 2.45) is 5.41 Å². The predicted octanol–water partition coefficient (Wildman–Crippen LogP) is 2.44. The predicted molar refractivity (Wildman–Crippen MR) is 80.5 cm³/mol. The van der Waals surface area contributed by atoms with Crippen molar-refractivity contribution in [2.75, 3.05) is 0 Å². The van der Waals surface area contributed by atoms with E-state index in [-0.39, 0.29) is 0 Å². The average molecular weight is 313 g/mol. The summed E-state index contributed by atoms with van der Waals surface area (Å²) < 4.78 is 5.31. The molecular formula is C16H27NO5. The maximum absolute atomic E-state index is 12.2. The highest BCUT2D eigenvalue weighted by atomic mass is 16.6. The van der Waals surface area contributed by atoms with Gasteiger partial charge in [-0.05, 0) is 65.7 Å². The van der Waals surface area contributed by atoms with Crippen LogP contribution in [0.1, 0.15) is 65.7 Å². The average Bonchev–Trinajstić information content (AvgIpc) is 2.33. The summed E-state index contributed by atoms with van der Waals surface area (Å²) in [6.45, 7) is 5.35. The Kier molecular flexibility index (Phi) is 4.44. The zero-order valence-corrected chi connectivity index (χ0v) is 13.6. The van der Waals surface area contributed by atoms with Crippen LogP contribution in [0.15, 0.2) is 0 Å². The lowest BCUT2D eigenvalue weighted by atomic mass is 9.53. The van der Waals surface area contributed by atoms with Crippen LogP contribution in [0.4, 0.5) is 4.79 Å². The van der Waals surface area contributed by atoms with Crippen LogP contribution >= 0.6 is 0 Å². The van der Waals surface area contributed by atoms with Gasteiger partial charge >= 0.3 is 12.1 Å². The number of aliphatic carboxylic acids is 1. The molecule has 0 unspecified atom stereocenters. The molecule has 2 saturated carbocycles. The van der Waals surface area contributed by atoms with Gasteiger partial charge in [0.2, 0.25) is 0 Å². The Balaban J connectivity index is 2.20. The fourth-order valence-corrected chi connectivity index (χ4v) is 3.74. The van der Waals surface area contributed by atoms with Gasteiger partial charge in [-0.1, -0.05) is 0 Å². The summed E-state index contributed by atoms with van der Waals surface area (Å²) in [7, 11) is 0.